The molecule has 1 aromatic heterocycles. The van der Waals surface area contributed by atoms with Gasteiger partial charge >= 0.3 is 0 Å². The van der Waals surface area contributed by atoms with E-state index in [0.717, 1.165) is 42.8 Å². The fourth-order valence-electron chi connectivity index (χ4n) is 2.98. The second-order valence-electron chi connectivity index (χ2n) is 5.48. The molecule has 0 bridgehead atoms. The monoisotopic (exact) mass is 280 g/mol. The zero-order valence-corrected chi connectivity index (χ0v) is 12.3. The van der Waals surface area contributed by atoms with E-state index in [1.165, 1.54) is 0 Å². The molecule has 0 aromatic carbocycles. The van der Waals surface area contributed by atoms with Gasteiger partial charge in [-0.15, -0.1) is 0 Å². The summed E-state index contributed by atoms with van der Waals surface area (Å²) in [5, 5.41) is 13.5. The summed E-state index contributed by atoms with van der Waals surface area (Å²) in [5.74, 6) is -0.234. The van der Waals surface area contributed by atoms with Gasteiger partial charge in [0.15, 0.2) is 0 Å². The molecule has 1 aliphatic heterocycles. The average molecular weight is 280 g/mol. The third-order valence-corrected chi connectivity index (χ3v) is 4.15. The van der Waals surface area contributed by atoms with Crippen LogP contribution in [-0.4, -0.2) is 44.9 Å². The highest BCUT2D eigenvalue weighted by molar-refractivity contribution is 5.79. The third-order valence-electron chi connectivity index (χ3n) is 4.15. The molecule has 2 heterocycles. The number of carbonyl (C=O) groups is 1. The van der Waals surface area contributed by atoms with Crippen LogP contribution in [0, 0.1) is 13.8 Å². The molecule has 2 rings (SSSR count). The number of carbonyl (C=O) groups excluding carboxylic acids is 1. The van der Waals surface area contributed by atoms with Gasteiger partial charge in [-0.25, -0.2) is 0 Å². The van der Waals surface area contributed by atoms with Crippen molar-refractivity contribution in [2.75, 3.05) is 13.2 Å². The van der Waals surface area contributed by atoms with Crippen molar-refractivity contribution in [1.29, 1.82) is 0 Å². The number of aryl methyl sites for hydroxylation is 1. The predicted molar refractivity (Wildman–Crippen MR) is 76.0 cm³/mol. The van der Waals surface area contributed by atoms with Crippen molar-refractivity contribution in [3.05, 3.63) is 17.0 Å². The molecule has 6 nitrogen and oxygen atoms in total. The number of hydrogen-bond donors (Lipinski definition) is 2. The normalized spacial score (nSPS) is 20.2. The summed E-state index contributed by atoms with van der Waals surface area (Å²) in [6, 6.07) is -0.163. The van der Waals surface area contributed by atoms with Gasteiger partial charge in [0, 0.05) is 17.8 Å². The Morgan fingerprint density at radius 2 is 2.20 bits per heavy atom. The van der Waals surface area contributed by atoms with Crippen molar-refractivity contribution in [1.82, 2.24) is 14.7 Å². The lowest BCUT2D eigenvalue weighted by Gasteiger charge is -2.33. The Labute approximate surface area is 119 Å². The van der Waals surface area contributed by atoms with Gasteiger partial charge in [0.1, 0.15) is 0 Å². The number of primary amides is 1. The molecule has 20 heavy (non-hydrogen) atoms. The molecule has 6 heteroatoms. The number of nitrogens with zero attached hydrogens (tertiary/aromatic N) is 3. The number of rotatable bonds is 5. The Morgan fingerprint density at radius 1 is 1.45 bits per heavy atom. The summed E-state index contributed by atoms with van der Waals surface area (Å²) in [6.45, 7) is 6.17. The van der Waals surface area contributed by atoms with Crippen LogP contribution < -0.4 is 5.73 Å². The van der Waals surface area contributed by atoms with Crippen LogP contribution in [0.2, 0.25) is 0 Å². The Bertz CT molecular complexity index is 484. The van der Waals surface area contributed by atoms with Crippen LogP contribution in [0.4, 0.5) is 0 Å². The molecule has 1 atom stereocenters. The van der Waals surface area contributed by atoms with Gasteiger partial charge in [0.25, 0.3) is 0 Å². The maximum Gasteiger partial charge on any atom is 0.234 e. The van der Waals surface area contributed by atoms with E-state index in [9.17, 15) is 4.79 Å². The lowest BCUT2D eigenvalue weighted by molar-refractivity contribution is -0.124. The minimum atomic E-state index is -0.234. The van der Waals surface area contributed by atoms with E-state index in [-0.39, 0.29) is 18.6 Å². The standard InChI is InChI=1S/C14H24N4O2/c1-10-12(11(2)18(16-10)7-8-19)9-17-6-4-3-5-13(17)14(15)20/h13,19H,3-9H2,1-2H3,(H2,15,20). The van der Waals surface area contributed by atoms with Crippen molar-refractivity contribution in [2.24, 2.45) is 5.73 Å². The topological polar surface area (TPSA) is 84.4 Å². The first-order chi connectivity index (χ1) is 9.54. The SMILES string of the molecule is Cc1nn(CCO)c(C)c1CN1CCCCC1C(N)=O. The summed E-state index contributed by atoms with van der Waals surface area (Å²) in [4.78, 5) is 13.7. The zero-order valence-electron chi connectivity index (χ0n) is 12.3. The van der Waals surface area contributed by atoms with Gasteiger partial charge < -0.3 is 10.8 Å². The van der Waals surface area contributed by atoms with Gasteiger partial charge in [-0.3, -0.25) is 14.4 Å². The van der Waals surface area contributed by atoms with Crippen molar-refractivity contribution < 1.29 is 9.90 Å². The summed E-state index contributed by atoms with van der Waals surface area (Å²) >= 11 is 0. The molecule has 1 aromatic rings. The molecule has 1 aliphatic rings. The highest BCUT2D eigenvalue weighted by atomic mass is 16.3. The van der Waals surface area contributed by atoms with E-state index in [1.54, 1.807) is 0 Å². The van der Waals surface area contributed by atoms with Crippen LogP contribution in [-0.2, 0) is 17.9 Å². The quantitative estimate of drug-likeness (QED) is 0.814. The second-order valence-corrected chi connectivity index (χ2v) is 5.48. The lowest BCUT2D eigenvalue weighted by Crippen LogP contribution is -2.47. The van der Waals surface area contributed by atoms with E-state index >= 15 is 0 Å². The molecule has 1 unspecified atom stereocenters. The Morgan fingerprint density at radius 3 is 2.85 bits per heavy atom. The minimum Gasteiger partial charge on any atom is -0.394 e. The first kappa shape index (κ1) is 15.0. The maximum atomic E-state index is 11.6. The van der Waals surface area contributed by atoms with Crippen LogP contribution in [0.3, 0.4) is 0 Å². The van der Waals surface area contributed by atoms with E-state index in [0.29, 0.717) is 13.1 Å². The number of aliphatic hydroxyl groups is 1. The van der Waals surface area contributed by atoms with Crippen LogP contribution in [0.1, 0.15) is 36.2 Å². The van der Waals surface area contributed by atoms with E-state index in [2.05, 4.69) is 10.00 Å². The minimum absolute atomic E-state index is 0.0784. The number of amides is 1. The highest BCUT2D eigenvalue weighted by Gasteiger charge is 2.28. The lowest BCUT2D eigenvalue weighted by atomic mass is 10.0. The number of nitrogens with two attached hydrogens (primary N) is 1. The summed E-state index contributed by atoms with van der Waals surface area (Å²) < 4.78 is 1.83. The van der Waals surface area contributed by atoms with Gasteiger partial charge in [0.2, 0.25) is 5.91 Å². The number of likely N-dealkylation sites (tertiary alicyclic amines) is 1. The van der Waals surface area contributed by atoms with Gasteiger partial charge in [-0.1, -0.05) is 6.42 Å². The van der Waals surface area contributed by atoms with Gasteiger partial charge in [-0.05, 0) is 33.2 Å². The maximum absolute atomic E-state index is 11.6. The van der Waals surface area contributed by atoms with Gasteiger partial charge in [0.05, 0.1) is 24.9 Å². The average Bonchev–Trinajstić information content (AvgIpc) is 2.67. The van der Waals surface area contributed by atoms with Crippen molar-refractivity contribution >= 4 is 5.91 Å². The predicted octanol–water partition coefficient (Wildman–Crippen LogP) is 0.332. The molecule has 0 radical (unpaired) electrons. The molecule has 112 valence electrons. The summed E-state index contributed by atoms with van der Waals surface area (Å²) in [5.41, 5.74) is 8.67. The Hall–Kier alpha value is -1.40. The van der Waals surface area contributed by atoms with Gasteiger partial charge in [-0.2, -0.15) is 5.10 Å². The zero-order chi connectivity index (χ0) is 14.7. The number of hydrogen-bond acceptors (Lipinski definition) is 4. The summed E-state index contributed by atoms with van der Waals surface area (Å²) in [6.07, 6.45) is 3.01. The smallest absolute Gasteiger partial charge is 0.234 e. The van der Waals surface area contributed by atoms with Crippen molar-refractivity contribution in [2.45, 2.75) is 52.2 Å². The summed E-state index contributed by atoms with van der Waals surface area (Å²) in [7, 11) is 0. The molecule has 0 saturated carbocycles. The van der Waals surface area contributed by atoms with Crippen LogP contribution in [0.15, 0.2) is 0 Å². The van der Waals surface area contributed by atoms with Crippen LogP contribution >= 0.6 is 0 Å². The van der Waals surface area contributed by atoms with E-state index < -0.39 is 0 Å². The second kappa shape index (κ2) is 6.37. The third kappa shape index (κ3) is 3.02. The number of piperidine rings is 1. The first-order valence-corrected chi connectivity index (χ1v) is 7.21. The first-order valence-electron chi connectivity index (χ1n) is 7.21. The Kier molecular flexibility index (Phi) is 4.77. The molecule has 1 fully saturated rings. The molecule has 3 N–H and O–H groups in total. The molecular weight excluding hydrogens is 256 g/mol. The van der Waals surface area contributed by atoms with Crippen molar-refractivity contribution in [3.8, 4) is 0 Å². The molecular formula is C14H24N4O2. The van der Waals surface area contributed by atoms with Crippen molar-refractivity contribution in [3.63, 3.8) is 0 Å². The molecule has 0 aliphatic carbocycles. The molecule has 1 saturated heterocycles. The highest BCUT2D eigenvalue weighted by Crippen LogP contribution is 2.22. The van der Waals surface area contributed by atoms with Crippen LogP contribution in [0.5, 0.6) is 0 Å². The fourth-order valence-corrected chi connectivity index (χ4v) is 2.98. The molecule has 0 spiro atoms. The molecule has 1 amide bonds. The Balaban J connectivity index is 2.18. The van der Waals surface area contributed by atoms with E-state index in [1.807, 2.05) is 18.5 Å². The number of aromatic nitrogens is 2. The fraction of sp³-hybridized carbons (Fsp3) is 0.714. The number of aliphatic hydroxyl groups excluding tert-OH is 1. The largest absolute Gasteiger partial charge is 0.394 e. The van der Waals surface area contributed by atoms with E-state index in [4.69, 9.17) is 10.8 Å². The van der Waals surface area contributed by atoms with Crippen LogP contribution in [0.25, 0.3) is 0 Å².